The molecule has 0 fully saturated rings. The molecule has 61 heavy (non-hydrogen) atoms. The van der Waals surface area contributed by atoms with E-state index in [4.69, 9.17) is 14.2 Å². The zero-order chi connectivity index (χ0) is 44.4. The van der Waals surface area contributed by atoms with Crippen LogP contribution >= 0.6 is 0 Å². The number of unbranched alkanes of at least 4 members (excludes halogenated alkanes) is 34. The molecule has 0 saturated heterocycles. The lowest BCUT2D eigenvalue weighted by Crippen LogP contribution is -2.30. The Morgan fingerprint density at radius 1 is 0.328 bits per heavy atom. The van der Waals surface area contributed by atoms with Crippen molar-refractivity contribution in [2.75, 3.05) is 13.2 Å². The zero-order valence-corrected chi connectivity index (χ0v) is 40.9. The maximum Gasteiger partial charge on any atom is 0.306 e. The summed E-state index contributed by atoms with van der Waals surface area (Å²) in [6.45, 7) is 6.56. The van der Waals surface area contributed by atoms with Crippen molar-refractivity contribution < 1.29 is 28.6 Å². The van der Waals surface area contributed by atoms with Crippen LogP contribution in [0.5, 0.6) is 0 Å². The standard InChI is InChI=1S/C55H102O6/c1-4-7-10-13-16-18-20-22-24-25-26-27-28-29-30-31-32-34-35-37-39-42-45-48-54(57)60-51-52(50-59-53(56)47-44-41-15-12-9-6-3)61-55(58)49-46-43-40-38-36-33-23-21-19-17-14-11-8-5-2/h14,17,21,23,52H,4-13,15-16,18-20,22,24-51H2,1-3H3/b17-14-,23-21-. The molecule has 6 heteroatoms. The van der Waals surface area contributed by atoms with E-state index >= 15 is 0 Å². The molecule has 0 spiro atoms. The van der Waals surface area contributed by atoms with Crippen LogP contribution in [0.25, 0.3) is 0 Å². The molecule has 1 unspecified atom stereocenters. The SMILES string of the molecule is CCCC/C=C\C/C=C\CCCCCCCC(=O)OC(COC(=O)CCCCCCCC)COC(=O)CCCCCCCCCCCCCCCCCCCCCCCCC. The van der Waals surface area contributed by atoms with Crippen molar-refractivity contribution in [3.05, 3.63) is 24.3 Å². The summed E-state index contributed by atoms with van der Waals surface area (Å²) in [5, 5.41) is 0. The van der Waals surface area contributed by atoms with Crippen LogP contribution in [0.1, 0.15) is 290 Å². The first kappa shape index (κ1) is 58.9. The minimum atomic E-state index is -0.771. The third-order valence-corrected chi connectivity index (χ3v) is 12.0. The van der Waals surface area contributed by atoms with Gasteiger partial charge in [0.25, 0.3) is 0 Å². The minimum Gasteiger partial charge on any atom is -0.462 e. The Bertz CT molecular complexity index is 989. The summed E-state index contributed by atoms with van der Waals surface area (Å²) < 4.78 is 16.7. The quantitative estimate of drug-likeness (QED) is 0.0262. The van der Waals surface area contributed by atoms with Gasteiger partial charge in [-0.2, -0.15) is 0 Å². The molecule has 0 bridgehead atoms. The molecule has 0 aliphatic heterocycles. The normalized spacial score (nSPS) is 12.1. The second-order valence-corrected chi connectivity index (χ2v) is 18.2. The second-order valence-electron chi connectivity index (χ2n) is 18.2. The van der Waals surface area contributed by atoms with E-state index in [1.165, 1.54) is 167 Å². The number of hydrogen-bond acceptors (Lipinski definition) is 6. The van der Waals surface area contributed by atoms with Gasteiger partial charge in [-0.1, -0.05) is 251 Å². The largest absolute Gasteiger partial charge is 0.462 e. The Kier molecular flexibility index (Phi) is 48.8. The summed E-state index contributed by atoms with van der Waals surface area (Å²) in [5.41, 5.74) is 0. The van der Waals surface area contributed by atoms with Crippen LogP contribution in [-0.4, -0.2) is 37.2 Å². The molecule has 0 aliphatic rings. The fraction of sp³-hybridized carbons (Fsp3) is 0.873. The van der Waals surface area contributed by atoms with Crippen molar-refractivity contribution in [3.63, 3.8) is 0 Å². The molecule has 0 heterocycles. The van der Waals surface area contributed by atoms with Gasteiger partial charge in [-0.25, -0.2) is 0 Å². The van der Waals surface area contributed by atoms with Gasteiger partial charge in [-0.05, 0) is 44.9 Å². The monoisotopic (exact) mass is 859 g/mol. The van der Waals surface area contributed by atoms with Crippen molar-refractivity contribution in [3.8, 4) is 0 Å². The summed E-state index contributed by atoms with van der Waals surface area (Å²) in [7, 11) is 0. The fourth-order valence-corrected chi connectivity index (χ4v) is 7.87. The predicted octanol–water partition coefficient (Wildman–Crippen LogP) is 17.5. The number of carbonyl (C=O) groups excluding carboxylic acids is 3. The lowest BCUT2D eigenvalue weighted by molar-refractivity contribution is -0.167. The first-order valence-corrected chi connectivity index (χ1v) is 26.8. The number of rotatable bonds is 49. The Balaban J connectivity index is 4.09. The summed E-state index contributed by atoms with van der Waals surface area (Å²) in [6.07, 6.45) is 57.7. The van der Waals surface area contributed by atoms with Gasteiger partial charge in [-0.15, -0.1) is 0 Å². The molecule has 6 nitrogen and oxygen atoms in total. The van der Waals surface area contributed by atoms with Gasteiger partial charge in [0, 0.05) is 19.3 Å². The fourth-order valence-electron chi connectivity index (χ4n) is 7.87. The first-order chi connectivity index (χ1) is 30.0. The smallest absolute Gasteiger partial charge is 0.306 e. The van der Waals surface area contributed by atoms with Gasteiger partial charge in [0.05, 0.1) is 0 Å². The lowest BCUT2D eigenvalue weighted by atomic mass is 10.0. The van der Waals surface area contributed by atoms with Crippen LogP contribution in [0.2, 0.25) is 0 Å². The zero-order valence-electron chi connectivity index (χ0n) is 40.9. The van der Waals surface area contributed by atoms with Crippen molar-refractivity contribution in [2.24, 2.45) is 0 Å². The summed E-state index contributed by atoms with van der Waals surface area (Å²) in [6, 6.07) is 0. The molecular formula is C55H102O6. The summed E-state index contributed by atoms with van der Waals surface area (Å²) in [5.74, 6) is -0.884. The highest BCUT2D eigenvalue weighted by molar-refractivity contribution is 5.71. The van der Waals surface area contributed by atoms with E-state index in [-0.39, 0.29) is 31.1 Å². The molecule has 0 amide bonds. The Labute approximate surface area is 379 Å². The van der Waals surface area contributed by atoms with Crippen molar-refractivity contribution in [2.45, 2.75) is 297 Å². The highest BCUT2D eigenvalue weighted by atomic mass is 16.6. The van der Waals surface area contributed by atoms with E-state index in [1.807, 2.05) is 0 Å². The molecule has 0 saturated carbocycles. The van der Waals surface area contributed by atoms with E-state index in [9.17, 15) is 14.4 Å². The minimum absolute atomic E-state index is 0.0731. The molecule has 1 atom stereocenters. The Hall–Kier alpha value is -2.11. The van der Waals surface area contributed by atoms with Gasteiger partial charge in [0.1, 0.15) is 13.2 Å². The van der Waals surface area contributed by atoms with E-state index in [1.54, 1.807) is 0 Å². The molecular weight excluding hydrogens is 757 g/mol. The third kappa shape index (κ3) is 48.8. The van der Waals surface area contributed by atoms with Crippen molar-refractivity contribution in [1.29, 1.82) is 0 Å². The maximum atomic E-state index is 12.7. The number of esters is 3. The number of ether oxygens (including phenoxy) is 3. The molecule has 0 aliphatic carbocycles. The van der Waals surface area contributed by atoms with E-state index in [0.717, 1.165) is 83.5 Å². The van der Waals surface area contributed by atoms with Crippen molar-refractivity contribution >= 4 is 17.9 Å². The predicted molar refractivity (Wildman–Crippen MR) is 261 cm³/mol. The highest BCUT2D eigenvalue weighted by Gasteiger charge is 2.19. The van der Waals surface area contributed by atoms with Gasteiger partial charge in [-0.3, -0.25) is 14.4 Å². The van der Waals surface area contributed by atoms with E-state index in [2.05, 4.69) is 45.1 Å². The van der Waals surface area contributed by atoms with Crippen LogP contribution in [0.4, 0.5) is 0 Å². The molecule has 0 aromatic carbocycles. The van der Waals surface area contributed by atoms with Gasteiger partial charge in [0.2, 0.25) is 0 Å². The van der Waals surface area contributed by atoms with Gasteiger partial charge >= 0.3 is 17.9 Å². The maximum absolute atomic E-state index is 12.7. The molecule has 0 radical (unpaired) electrons. The van der Waals surface area contributed by atoms with Crippen LogP contribution in [0, 0.1) is 0 Å². The number of allylic oxidation sites excluding steroid dienone is 4. The second kappa shape index (κ2) is 50.5. The first-order valence-electron chi connectivity index (χ1n) is 26.8. The average molecular weight is 859 g/mol. The third-order valence-electron chi connectivity index (χ3n) is 12.0. The summed E-state index contributed by atoms with van der Waals surface area (Å²) in [4.78, 5) is 37.7. The molecule has 0 rings (SSSR count). The van der Waals surface area contributed by atoms with Crippen LogP contribution in [0.15, 0.2) is 24.3 Å². The molecule has 0 aromatic rings. The van der Waals surface area contributed by atoms with Crippen LogP contribution < -0.4 is 0 Å². The van der Waals surface area contributed by atoms with Gasteiger partial charge < -0.3 is 14.2 Å². The van der Waals surface area contributed by atoms with Crippen LogP contribution in [-0.2, 0) is 28.6 Å². The van der Waals surface area contributed by atoms with Crippen LogP contribution in [0.3, 0.4) is 0 Å². The molecule has 0 aromatic heterocycles. The van der Waals surface area contributed by atoms with Crippen molar-refractivity contribution in [1.82, 2.24) is 0 Å². The topological polar surface area (TPSA) is 78.9 Å². The highest BCUT2D eigenvalue weighted by Crippen LogP contribution is 2.17. The lowest BCUT2D eigenvalue weighted by Gasteiger charge is -2.18. The molecule has 358 valence electrons. The summed E-state index contributed by atoms with van der Waals surface area (Å²) >= 11 is 0. The number of hydrogen-bond donors (Lipinski definition) is 0. The van der Waals surface area contributed by atoms with E-state index < -0.39 is 6.10 Å². The Morgan fingerprint density at radius 3 is 0.951 bits per heavy atom. The average Bonchev–Trinajstić information content (AvgIpc) is 3.26. The Morgan fingerprint density at radius 2 is 0.607 bits per heavy atom. The molecule has 0 N–H and O–H groups in total. The van der Waals surface area contributed by atoms with Gasteiger partial charge in [0.15, 0.2) is 6.10 Å². The van der Waals surface area contributed by atoms with E-state index in [0.29, 0.717) is 19.3 Å². The number of carbonyl (C=O) groups is 3.